The van der Waals surface area contributed by atoms with Crippen LogP contribution in [0.4, 0.5) is 0 Å². The van der Waals surface area contributed by atoms with Crippen LogP contribution in [0.1, 0.15) is 46.5 Å². The Morgan fingerprint density at radius 2 is 1.89 bits per heavy atom. The van der Waals surface area contributed by atoms with Gasteiger partial charge in [-0.1, -0.05) is 42.4 Å². The number of aliphatic carboxylic acids is 1. The standard InChI is InChI=1S/C17H28N2O5S3/c1-4-17(2,3)27-12-11-14(21)19(16(12)24)8-10-26-25-9-7-18-13(20)5-6-15(22)23/h12H,4-11H2,1-3H3,(H,18,20)(H,22,23). The van der Waals surface area contributed by atoms with E-state index < -0.39 is 5.97 Å². The molecule has 27 heavy (non-hydrogen) atoms. The molecular weight excluding hydrogens is 408 g/mol. The van der Waals surface area contributed by atoms with Crippen LogP contribution in [-0.4, -0.2) is 68.3 Å². The maximum atomic E-state index is 12.4. The van der Waals surface area contributed by atoms with Crippen LogP contribution < -0.4 is 5.32 Å². The van der Waals surface area contributed by atoms with Gasteiger partial charge in [-0.05, 0) is 6.42 Å². The highest BCUT2D eigenvalue weighted by Gasteiger charge is 2.40. The van der Waals surface area contributed by atoms with Gasteiger partial charge < -0.3 is 10.4 Å². The number of imide groups is 1. The van der Waals surface area contributed by atoms with Crippen LogP contribution in [0.2, 0.25) is 0 Å². The summed E-state index contributed by atoms with van der Waals surface area (Å²) in [5.41, 5.74) is 0. The number of likely N-dealkylation sites (tertiary alicyclic amines) is 1. The summed E-state index contributed by atoms with van der Waals surface area (Å²) < 4.78 is -0.0177. The summed E-state index contributed by atoms with van der Waals surface area (Å²) >= 11 is 1.58. The Balaban J connectivity index is 2.17. The minimum atomic E-state index is -0.986. The molecular formula is C17H28N2O5S3. The van der Waals surface area contributed by atoms with Crippen molar-refractivity contribution in [2.24, 2.45) is 0 Å². The van der Waals surface area contributed by atoms with Crippen molar-refractivity contribution in [3.63, 3.8) is 0 Å². The fourth-order valence-corrected chi connectivity index (χ4v) is 5.49. The molecule has 0 saturated carbocycles. The molecule has 0 aliphatic carbocycles. The van der Waals surface area contributed by atoms with E-state index in [1.807, 2.05) is 0 Å². The first-order valence-corrected chi connectivity index (χ1v) is 12.3. The second-order valence-corrected chi connectivity index (χ2v) is 11.3. The van der Waals surface area contributed by atoms with Gasteiger partial charge in [-0.25, -0.2) is 0 Å². The first-order chi connectivity index (χ1) is 12.7. The van der Waals surface area contributed by atoms with Crippen molar-refractivity contribution >= 4 is 57.0 Å². The van der Waals surface area contributed by atoms with Gasteiger partial charge in [-0.2, -0.15) is 0 Å². The number of carbonyl (C=O) groups is 4. The van der Waals surface area contributed by atoms with Crippen LogP contribution in [0.3, 0.4) is 0 Å². The lowest BCUT2D eigenvalue weighted by Crippen LogP contribution is -2.34. The zero-order chi connectivity index (χ0) is 20.4. The zero-order valence-corrected chi connectivity index (χ0v) is 18.4. The number of carboxylic acid groups (broad SMARTS) is 1. The molecule has 7 nitrogen and oxygen atoms in total. The van der Waals surface area contributed by atoms with E-state index in [4.69, 9.17) is 5.11 Å². The van der Waals surface area contributed by atoms with Crippen molar-refractivity contribution in [1.82, 2.24) is 10.2 Å². The van der Waals surface area contributed by atoms with Crippen molar-refractivity contribution in [1.29, 1.82) is 0 Å². The van der Waals surface area contributed by atoms with Gasteiger partial charge in [0.1, 0.15) is 0 Å². The Morgan fingerprint density at radius 1 is 1.22 bits per heavy atom. The normalized spacial score (nSPS) is 17.4. The van der Waals surface area contributed by atoms with E-state index in [9.17, 15) is 19.2 Å². The Bertz CT molecular complexity index is 557. The zero-order valence-electron chi connectivity index (χ0n) is 16.0. The lowest BCUT2D eigenvalue weighted by molar-refractivity contribution is -0.139. The third kappa shape index (κ3) is 9.25. The molecule has 1 aliphatic rings. The number of carbonyl (C=O) groups excluding carboxylic acids is 3. The average molecular weight is 437 g/mol. The predicted octanol–water partition coefficient (Wildman–Crippen LogP) is 2.40. The Labute approximate surface area is 172 Å². The van der Waals surface area contributed by atoms with Crippen molar-refractivity contribution in [3.8, 4) is 0 Å². The number of nitrogens with zero attached hydrogens (tertiary/aromatic N) is 1. The number of hydrogen-bond acceptors (Lipinski definition) is 7. The number of carboxylic acids is 1. The summed E-state index contributed by atoms with van der Waals surface area (Å²) in [5.74, 6) is -0.114. The number of hydrogen-bond donors (Lipinski definition) is 2. The molecule has 0 spiro atoms. The largest absolute Gasteiger partial charge is 0.481 e. The molecule has 0 radical (unpaired) electrons. The van der Waals surface area contributed by atoms with Gasteiger partial charge in [0.05, 0.1) is 11.7 Å². The van der Waals surface area contributed by atoms with E-state index in [-0.39, 0.29) is 47.0 Å². The third-order valence-corrected chi connectivity index (χ3v) is 8.04. The van der Waals surface area contributed by atoms with E-state index in [0.717, 1.165) is 6.42 Å². The predicted molar refractivity (Wildman–Crippen MR) is 112 cm³/mol. The minimum Gasteiger partial charge on any atom is -0.481 e. The lowest BCUT2D eigenvalue weighted by Gasteiger charge is -2.24. The van der Waals surface area contributed by atoms with E-state index in [1.54, 1.807) is 33.3 Å². The van der Waals surface area contributed by atoms with Crippen LogP contribution in [0.15, 0.2) is 0 Å². The molecule has 1 saturated heterocycles. The minimum absolute atomic E-state index is 0.0136. The summed E-state index contributed by atoms with van der Waals surface area (Å²) in [4.78, 5) is 47.6. The first-order valence-electron chi connectivity index (χ1n) is 8.91. The van der Waals surface area contributed by atoms with Gasteiger partial charge in [0.15, 0.2) is 0 Å². The molecule has 2 N–H and O–H groups in total. The van der Waals surface area contributed by atoms with Crippen molar-refractivity contribution in [3.05, 3.63) is 0 Å². The highest BCUT2D eigenvalue weighted by Crippen LogP contribution is 2.37. The molecule has 3 amide bonds. The quantitative estimate of drug-likeness (QED) is 0.258. The molecule has 1 fully saturated rings. The molecule has 1 atom stereocenters. The summed E-state index contributed by atoms with van der Waals surface area (Å²) in [6.07, 6.45) is 1.04. The van der Waals surface area contributed by atoms with Crippen LogP contribution >= 0.6 is 33.3 Å². The Morgan fingerprint density at radius 3 is 2.52 bits per heavy atom. The number of amides is 3. The summed E-state index contributed by atoms with van der Waals surface area (Å²) in [5, 5.41) is 10.9. The summed E-state index contributed by atoms with van der Waals surface area (Å²) in [6.45, 7) is 7.12. The van der Waals surface area contributed by atoms with E-state index in [2.05, 4.69) is 26.1 Å². The molecule has 0 aromatic carbocycles. The Hall–Kier alpha value is -0.870. The van der Waals surface area contributed by atoms with Crippen LogP contribution in [0.25, 0.3) is 0 Å². The van der Waals surface area contributed by atoms with Crippen molar-refractivity contribution in [2.75, 3.05) is 24.6 Å². The number of rotatable bonds is 13. The molecule has 10 heteroatoms. The lowest BCUT2D eigenvalue weighted by atomic mass is 10.1. The molecule has 154 valence electrons. The smallest absolute Gasteiger partial charge is 0.303 e. The van der Waals surface area contributed by atoms with Gasteiger partial charge in [-0.3, -0.25) is 24.1 Å². The molecule has 0 bridgehead atoms. The van der Waals surface area contributed by atoms with Gasteiger partial charge in [0.25, 0.3) is 0 Å². The molecule has 1 unspecified atom stereocenters. The molecule has 1 aliphatic heterocycles. The Kier molecular flexibility index (Phi) is 10.6. The van der Waals surface area contributed by atoms with E-state index in [0.29, 0.717) is 24.6 Å². The van der Waals surface area contributed by atoms with Gasteiger partial charge in [0, 0.05) is 42.2 Å². The van der Waals surface area contributed by atoms with E-state index >= 15 is 0 Å². The second-order valence-electron chi connectivity index (χ2n) is 6.70. The highest BCUT2D eigenvalue weighted by molar-refractivity contribution is 8.76. The summed E-state index contributed by atoms with van der Waals surface area (Å²) in [7, 11) is 3.10. The number of nitrogens with one attached hydrogen (secondary N) is 1. The van der Waals surface area contributed by atoms with Gasteiger partial charge in [0.2, 0.25) is 17.7 Å². The van der Waals surface area contributed by atoms with Gasteiger partial charge in [-0.15, -0.1) is 11.8 Å². The van der Waals surface area contributed by atoms with Crippen LogP contribution in [0, 0.1) is 0 Å². The fourth-order valence-electron chi connectivity index (χ4n) is 2.24. The van der Waals surface area contributed by atoms with Crippen molar-refractivity contribution in [2.45, 2.75) is 56.5 Å². The molecule has 0 aromatic heterocycles. The van der Waals surface area contributed by atoms with Crippen LogP contribution in [-0.2, 0) is 19.2 Å². The van der Waals surface area contributed by atoms with Gasteiger partial charge >= 0.3 is 5.97 Å². The molecule has 1 heterocycles. The molecule has 1 rings (SSSR count). The second kappa shape index (κ2) is 11.9. The van der Waals surface area contributed by atoms with E-state index in [1.165, 1.54) is 4.90 Å². The van der Waals surface area contributed by atoms with Crippen LogP contribution in [0.5, 0.6) is 0 Å². The first kappa shape index (κ1) is 24.2. The SMILES string of the molecule is CCC(C)(C)SC1CC(=O)N(CCSSCCNC(=O)CCC(=O)O)C1=O. The van der Waals surface area contributed by atoms with Crippen molar-refractivity contribution < 1.29 is 24.3 Å². The average Bonchev–Trinajstić information content (AvgIpc) is 2.85. The third-order valence-electron chi connectivity index (χ3n) is 4.07. The number of thioether (sulfide) groups is 1. The maximum Gasteiger partial charge on any atom is 0.303 e. The summed E-state index contributed by atoms with van der Waals surface area (Å²) in [6, 6.07) is 0. The highest BCUT2D eigenvalue weighted by atomic mass is 33.1. The molecule has 0 aromatic rings. The fraction of sp³-hybridized carbons (Fsp3) is 0.765. The monoisotopic (exact) mass is 436 g/mol. The maximum absolute atomic E-state index is 12.4. The topological polar surface area (TPSA) is 104 Å².